The number of rotatable bonds is 3. The van der Waals surface area contributed by atoms with E-state index < -0.39 is 11.7 Å². The van der Waals surface area contributed by atoms with Gasteiger partial charge in [0.25, 0.3) is 0 Å². The first-order valence-corrected chi connectivity index (χ1v) is 8.78. The number of likely N-dealkylation sites (N-methyl/N-ethyl adjacent to an activating group) is 1. The quantitative estimate of drug-likeness (QED) is 0.696. The second kappa shape index (κ2) is 6.84. The van der Waals surface area contributed by atoms with Gasteiger partial charge in [-0.25, -0.2) is 9.50 Å². The zero-order valence-electron chi connectivity index (χ0n) is 14.8. The molecule has 0 amide bonds. The molecular formula is C19H19F3N4O. The lowest BCUT2D eigenvalue weighted by molar-refractivity contribution is -0.137. The third kappa shape index (κ3) is 3.62. The minimum atomic E-state index is -4.46. The van der Waals surface area contributed by atoms with Crippen molar-refractivity contribution in [1.29, 1.82) is 0 Å². The first-order chi connectivity index (χ1) is 12.9. The maximum atomic E-state index is 13.4. The number of hydrogen-bond donors (Lipinski definition) is 0. The predicted octanol–water partition coefficient (Wildman–Crippen LogP) is 3.89. The summed E-state index contributed by atoms with van der Waals surface area (Å²) in [6, 6.07) is 8.84. The summed E-state index contributed by atoms with van der Waals surface area (Å²) in [4.78, 5) is 6.38. The molecule has 0 bridgehead atoms. The summed E-state index contributed by atoms with van der Waals surface area (Å²) in [5.74, 6) is 0.381. The van der Waals surface area contributed by atoms with Crippen molar-refractivity contribution < 1.29 is 17.9 Å². The SMILES string of the molecule is CN1CCCC(Oc2ccc3ncc(-c4ccccc4C(F)(F)F)n3n2)C1. The van der Waals surface area contributed by atoms with Crippen LogP contribution < -0.4 is 4.74 Å². The highest BCUT2D eigenvalue weighted by Crippen LogP contribution is 2.37. The molecule has 0 radical (unpaired) electrons. The van der Waals surface area contributed by atoms with Gasteiger partial charge < -0.3 is 9.64 Å². The highest BCUT2D eigenvalue weighted by molar-refractivity contribution is 5.67. The maximum Gasteiger partial charge on any atom is 0.417 e. The lowest BCUT2D eigenvalue weighted by Gasteiger charge is -2.29. The molecular weight excluding hydrogens is 357 g/mol. The lowest BCUT2D eigenvalue weighted by atomic mass is 10.0. The van der Waals surface area contributed by atoms with E-state index in [0.29, 0.717) is 11.5 Å². The summed E-state index contributed by atoms with van der Waals surface area (Å²) >= 11 is 0. The standard InChI is InChI=1S/C19H19F3N4O/c1-25-10-4-5-13(12-25)27-18-9-8-17-23-11-16(26(17)24-18)14-6-2-3-7-15(14)19(20,21)22/h2-3,6-9,11,13H,4-5,10,12H2,1H3. The number of hydrogen-bond acceptors (Lipinski definition) is 4. The summed E-state index contributed by atoms with van der Waals surface area (Å²) in [7, 11) is 2.04. The van der Waals surface area contributed by atoms with Gasteiger partial charge in [-0.3, -0.25) is 0 Å². The molecule has 0 saturated carbocycles. The van der Waals surface area contributed by atoms with Crippen LogP contribution in [0.2, 0.25) is 0 Å². The Kier molecular flexibility index (Phi) is 4.51. The summed E-state index contributed by atoms with van der Waals surface area (Å²) in [5.41, 5.74) is 0.0765. The van der Waals surface area contributed by atoms with Crippen LogP contribution in [0.1, 0.15) is 18.4 Å². The molecule has 1 atom stereocenters. The third-order valence-corrected chi connectivity index (χ3v) is 4.71. The number of likely N-dealkylation sites (tertiary alicyclic amines) is 1. The van der Waals surface area contributed by atoms with Crippen molar-refractivity contribution >= 4 is 5.65 Å². The fourth-order valence-corrected chi connectivity index (χ4v) is 3.44. The second-order valence-electron chi connectivity index (χ2n) is 6.77. The molecule has 0 N–H and O–H groups in total. The van der Waals surface area contributed by atoms with Gasteiger partial charge in [0.05, 0.1) is 17.5 Å². The molecule has 1 aromatic carbocycles. The number of nitrogens with zero attached hydrogens (tertiary/aromatic N) is 4. The van der Waals surface area contributed by atoms with Gasteiger partial charge in [0, 0.05) is 18.2 Å². The number of piperidine rings is 1. The Morgan fingerprint density at radius 1 is 1.15 bits per heavy atom. The average Bonchev–Trinajstić information content (AvgIpc) is 3.04. The van der Waals surface area contributed by atoms with Crippen molar-refractivity contribution in [1.82, 2.24) is 19.5 Å². The molecule has 1 unspecified atom stereocenters. The molecule has 0 aliphatic carbocycles. The van der Waals surface area contributed by atoms with Gasteiger partial charge in [-0.1, -0.05) is 18.2 Å². The first-order valence-electron chi connectivity index (χ1n) is 8.78. The van der Waals surface area contributed by atoms with Crippen molar-refractivity contribution in [3.05, 3.63) is 48.2 Å². The van der Waals surface area contributed by atoms with Crippen molar-refractivity contribution in [3.63, 3.8) is 0 Å². The van der Waals surface area contributed by atoms with E-state index in [4.69, 9.17) is 4.74 Å². The van der Waals surface area contributed by atoms with Gasteiger partial charge in [0.1, 0.15) is 6.10 Å². The van der Waals surface area contributed by atoms with Gasteiger partial charge in [-0.05, 0) is 38.6 Å². The Balaban J connectivity index is 1.71. The molecule has 1 saturated heterocycles. The van der Waals surface area contributed by atoms with Crippen LogP contribution in [0.3, 0.4) is 0 Å². The van der Waals surface area contributed by atoms with Gasteiger partial charge in [0.15, 0.2) is 5.65 Å². The van der Waals surface area contributed by atoms with E-state index in [1.807, 2.05) is 7.05 Å². The van der Waals surface area contributed by atoms with E-state index in [0.717, 1.165) is 32.0 Å². The fourth-order valence-electron chi connectivity index (χ4n) is 3.44. The molecule has 4 rings (SSSR count). The second-order valence-corrected chi connectivity index (χ2v) is 6.77. The lowest BCUT2D eigenvalue weighted by Crippen LogP contribution is -2.38. The van der Waals surface area contributed by atoms with Crippen LogP contribution in [-0.4, -0.2) is 45.7 Å². The third-order valence-electron chi connectivity index (χ3n) is 4.71. The van der Waals surface area contributed by atoms with Crippen LogP contribution >= 0.6 is 0 Å². The topological polar surface area (TPSA) is 42.7 Å². The van der Waals surface area contributed by atoms with E-state index in [1.54, 1.807) is 18.2 Å². The van der Waals surface area contributed by atoms with E-state index in [-0.39, 0.29) is 17.4 Å². The Labute approximate surface area is 154 Å². The number of alkyl halides is 3. The largest absolute Gasteiger partial charge is 0.472 e. The molecule has 0 spiro atoms. The van der Waals surface area contributed by atoms with Crippen LogP contribution in [0.5, 0.6) is 5.88 Å². The molecule has 5 nitrogen and oxygen atoms in total. The molecule has 8 heteroatoms. The zero-order valence-corrected chi connectivity index (χ0v) is 14.8. The minimum absolute atomic E-state index is 0.0168. The first kappa shape index (κ1) is 17.8. The van der Waals surface area contributed by atoms with E-state index in [9.17, 15) is 13.2 Å². The molecule has 2 aromatic heterocycles. The molecule has 142 valence electrons. The fraction of sp³-hybridized carbons (Fsp3) is 0.368. The Hall–Kier alpha value is -2.61. The van der Waals surface area contributed by atoms with Gasteiger partial charge in [-0.15, -0.1) is 5.10 Å². The highest BCUT2D eigenvalue weighted by Gasteiger charge is 2.34. The Morgan fingerprint density at radius 3 is 2.74 bits per heavy atom. The smallest absolute Gasteiger partial charge is 0.417 e. The summed E-state index contributed by atoms with van der Waals surface area (Å²) in [6.45, 7) is 1.83. The molecule has 1 aliphatic heterocycles. The molecule has 3 heterocycles. The number of aromatic nitrogens is 3. The average molecular weight is 376 g/mol. The monoisotopic (exact) mass is 376 g/mol. The van der Waals surface area contributed by atoms with Crippen LogP contribution in [0, 0.1) is 0 Å². The predicted molar refractivity (Wildman–Crippen MR) is 94.6 cm³/mol. The number of ether oxygens (including phenoxy) is 1. The zero-order chi connectivity index (χ0) is 19.0. The van der Waals surface area contributed by atoms with Gasteiger partial charge in [-0.2, -0.15) is 13.2 Å². The number of imidazole rings is 1. The van der Waals surface area contributed by atoms with Gasteiger partial charge in [0.2, 0.25) is 5.88 Å². The Morgan fingerprint density at radius 2 is 1.96 bits per heavy atom. The van der Waals surface area contributed by atoms with Crippen molar-refractivity contribution in [2.45, 2.75) is 25.1 Å². The summed E-state index contributed by atoms with van der Waals surface area (Å²) in [6.07, 6.45) is -1.06. The summed E-state index contributed by atoms with van der Waals surface area (Å²) < 4.78 is 47.5. The normalized spacial score (nSPS) is 18.7. The van der Waals surface area contributed by atoms with Crippen molar-refractivity contribution in [3.8, 4) is 17.1 Å². The summed E-state index contributed by atoms with van der Waals surface area (Å²) in [5, 5.41) is 4.40. The molecule has 27 heavy (non-hydrogen) atoms. The van der Waals surface area contributed by atoms with Crippen LogP contribution in [0.4, 0.5) is 13.2 Å². The minimum Gasteiger partial charge on any atom is -0.472 e. The van der Waals surface area contributed by atoms with Crippen LogP contribution in [0.25, 0.3) is 16.9 Å². The van der Waals surface area contributed by atoms with Gasteiger partial charge >= 0.3 is 6.18 Å². The highest BCUT2D eigenvalue weighted by atomic mass is 19.4. The van der Waals surface area contributed by atoms with Crippen molar-refractivity contribution in [2.75, 3.05) is 20.1 Å². The number of fused-ring (bicyclic) bond motifs is 1. The van der Waals surface area contributed by atoms with E-state index >= 15 is 0 Å². The number of halogens is 3. The number of benzene rings is 1. The van der Waals surface area contributed by atoms with E-state index in [2.05, 4.69) is 15.0 Å². The Bertz CT molecular complexity index is 954. The molecule has 1 fully saturated rings. The van der Waals surface area contributed by atoms with Crippen LogP contribution in [-0.2, 0) is 6.18 Å². The molecule has 3 aromatic rings. The van der Waals surface area contributed by atoms with Crippen molar-refractivity contribution in [2.24, 2.45) is 0 Å². The van der Waals surface area contributed by atoms with Crippen LogP contribution in [0.15, 0.2) is 42.6 Å². The maximum absolute atomic E-state index is 13.4. The van der Waals surface area contributed by atoms with E-state index in [1.165, 1.54) is 22.8 Å². The molecule has 1 aliphatic rings.